The van der Waals surface area contributed by atoms with Gasteiger partial charge in [-0.3, -0.25) is 9.59 Å². The summed E-state index contributed by atoms with van der Waals surface area (Å²) in [6.07, 6.45) is 0. The van der Waals surface area contributed by atoms with E-state index in [1.54, 1.807) is 0 Å². The number of thioether (sulfide) groups is 1. The quantitative estimate of drug-likeness (QED) is 0.246. The molecule has 0 aliphatic rings. The van der Waals surface area contributed by atoms with Gasteiger partial charge in [-0.2, -0.15) is 0 Å². The monoisotopic (exact) mass is 519 g/mol. The van der Waals surface area contributed by atoms with Crippen LogP contribution in [0.3, 0.4) is 0 Å². The van der Waals surface area contributed by atoms with Crippen LogP contribution in [0.1, 0.15) is 43.6 Å². The Balaban J connectivity index is 1.37. The lowest BCUT2D eigenvalue weighted by Gasteiger charge is -2.19. The first-order valence-corrected chi connectivity index (χ1v) is 13.5. The number of nitrogens with one attached hydrogen (secondary N) is 2. The van der Waals surface area contributed by atoms with E-state index in [9.17, 15) is 9.59 Å². The van der Waals surface area contributed by atoms with Crippen LogP contribution in [0.4, 0.5) is 11.4 Å². The number of carbonyl (C=O) groups is 2. The van der Waals surface area contributed by atoms with E-state index in [1.165, 1.54) is 28.7 Å². The maximum Gasteiger partial charge on any atom is 0.255 e. The summed E-state index contributed by atoms with van der Waals surface area (Å²) < 4.78 is 7.30. The van der Waals surface area contributed by atoms with Crippen molar-refractivity contribution in [3.05, 3.63) is 77.9 Å². The van der Waals surface area contributed by atoms with E-state index in [0.29, 0.717) is 29.3 Å². The van der Waals surface area contributed by atoms with Gasteiger partial charge in [0.05, 0.1) is 28.3 Å². The number of ether oxygens (including phenoxy) is 1. The molecule has 0 spiro atoms. The van der Waals surface area contributed by atoms with Crippen LogP contribution in [0, 0.1) is 0 Å². The van der Waals surface area contributed by atoms with Crippen molar-refractivity contribution in [2.45, 2.75) is 37.4 Å². The minimum Gasteiger partial charge on any atom is -0.492 e. The number of aromatic nitrogens is 1. The number of para-hydroxylation sites is 2. The average molecular weight is 520 g/mol. The van der Waals surface area contributed by atoms with E-state index in [1.807, 2.05) is 73.7 Å². The Labute approximate surface area is 219 Å². The molecule has 0 bridgehead atoms. The van der Waals surface area contributed by atoms with Gasteiger partial charge in [-0.1, -0.05) is 56.8 Å². The summed E-state index contributed by atoms with van der Waals surface area (Å²) in [5.74, 6) is 0.599. The van der Waals surface area contributed by atoms with Crippen LogP contribution in [0.25, 0.3) is 10.2 Å². The van der Waals surface area contributed by atoms with Crippen LogP contribution in [0.15, 0.2) is 71.1 Å². The Morgan fingerprint density at radius 3 is 2.47 bits per heavy atom. The Morgan fingerprint density at radius 2 is 1.75 bits per heavy atom. The first-order chi connectivity index (χ1) is 17.2. The van der Waals surface area contributed by atoms with Crippen molar-refractivity contribution in [3.8, 4) is 5.75 Å². The number of amides is 2. The highest BCUT2D eigenvalue weighted by atomic mass is 32.2. The number of thiazole rings is 1. The summed E-state index contributed by atoms with van der Waals surface area (Å²) in [4.78, 5) is 29.8. The van der Waals surface area contributed by atoms with Crippen molar-refractivity contribution >= 4 is 56.5 Å². The highest BCUT2D eigenvalue weighted by molar-refractivity contribution is 8.01. The van der Waals surface area contributed by atoms with Gasteiger partial charge in [-0.25, -0.2) is 4.98 Å². The Hall–Kier alpha value is -3.36. The first kappa shape index (κ1) is 25.7. The number of nitrogens with zero attached hydrogens (tertiary/aromatic N) is 1. The van der Waals surface area contributed by atoms with E-state index in [-0.39, 0.29) is 23.0 Å². The van der Waals surface area contributed by atoms with Crippen LogP contribution >= 0.6 is 23.1 Å². The number of anilines is 2. The van der Waals surface area contributed by atoms with Gasteiger partial charge in [-0.05, 0) is 60.4 Å². The van der Waals surface area contributed by atoms with Crippen molar-refractivity contribution in [1.29, 1.82) is 0 Å². The van der Waals surface area contributed by atoms with Crippen LogP contribution in [-0.4, -0.2) is 29.2 Å². The van der Waals surface area contributed by atoms with Gasteiger partial charge in [-0.15, -0.1) is 11.3 Å². The van der Waals surface area contributed by atoms with Gasteiger partial charge in [0.25, 0.3) is 5.91 Å². The number of rotatable bonds is 8. The van der Waals surface area contributed by atoms with Crippen molar-refractivity contribution in [2.24, 2.45) is 0 Å². The van der Waals surface area contributed by atoms with Crippen LogP contribution in [0.2, 0.25) is 0 Å². The zero-order chi connectivity index (χ0) is 25.7. The minimum atomic E-state index is -0.155. The van der Waals surface area contributed by atoms with Gasteiger partial charge in [0.1, 0.15) is 5.75 Å². The van der Waals surface area contributed by atoms with Gasteiger partial charge in [0.2, 0.25) is 5.91 Å². The SMILES string of the molecule is CCOc1ccccc1NC(=O)CSc1nc2ccc(NC(=O)c3ccc(C(C)(C)C)cc3)cc2s1. The van der Waals surface area contributed by atoms with E-state index in [2.05, 4.69) is 36.4 Å². The molecule has 0 radical (unpaired) electrons. The molecule has 0 atom stereocenters. The van der Waals surface area contributed by atoms with Crippen molar-refractivity contribution in [3.63, 3.8) is 0 Å². The van der Waals surface area contributed by atoms with Crippen LogP contribution < -0.4 is 15.4 Å². The van der Waals surface area contributed by atoms with Crippen LogP contribution in [-0.2, 0) is 10.2 Å². The van der Waals surface area contributed by atoms with E-state index >= 15 is 0 Å². The van der Waals surface area contributed by atoms with E-state index < -0.39 is 0 Å². The molecule has 0 unspecified atom stereocenters. The topological polar surface area (TPSA) is 80.3 Å². The lowest BCUT2D eigenvalue weighted by Crippen LogP contribution is -2.14. The smallest absolute Gasteiger partial charge is 0.255 e. The zero-order valence-corrected chi connectivity index (χ0v) is 22.4. The van der Waals surface area contributed by atoms with E-state index in [4.69, 9.17) is 4.74 Å². The molecule has 0 saturated heterocycles. The molecule has 1 heterocycles. The molecule has 1 aromatic heterocycles. The molecular formula is C28H29N3O3S2. The van der Waals surface area contributed by atoms with Crippen molar-refractivity contribution in [1.82, 2.24) is 4.98 Å². The molecule has 0 aliphatic heterocycles. The molecular weight excluding hydrogens is 490 g/mol. The maximum atomic E-state index is 12.7. The standard InChI is InChI=1S/C28H29N3O3S2/c1-5-34-23-9-7-6-8-21(23)30-25(32)17-35-27-31-22-15-14-20(16-24(22)36-27)29-26(33)18-10-12-19(13-11-18)28(2,3)4/h6-16H,5,17H2,1-4H3,(H,29,33)(H,30,32). The molecule has 0 fully saturated rings. The molecule has 0 saturated carbocycles. The molecule has 4 rings (SSSR count). The fraction of sp³-hybridized carbons (Fsp3) is 0.250. The third-order valence-electron chi connectivity index (χ3n) is 5.43. The third kappa shape index (κ3) is 6.44. The van der Waals surface area contributed by atoms with Gasteiger partial charge in [0.15, 0.2) is 4.34 Å². The van der Waals surface area contributed by atoms with E-state index in [0.717, 1.165) is 14.6 Å². The molecule has 0 aliphatic carbocycles. The first-order valence-electron chi connectivity index (χ1n) is 11.7. The summed E-state index contributed by atoms with van der Waals surface area (Å²) in [7, 11) is 0. The molecule has 4 aromatic rings. The summed E-state index contributed by atoms with van der Waals surface area (Å²) >= 11 is 2.87. The maximum absolute atomic E-state index is 12.7. The fourth-order valence-electron chi connectivity index (χ4n) is 3.53. The third-order valence-corrected chi connectivity index (χ3v) is 7.59. The Kier molecular flexibility index (Phi) is 7.96. The predicted octanol–water partition coefficient (Wildman–Crippen LogP) is 6.98. The summed E-state index contributed by atoms with van der Waals surface area (Å²) in [5, 5.41) is 5.87. The van der Waals surface area contributed by atoms with Gasteiger partial charge in [0, 0.05) is 11.3 Å². The zero-order valence-electron chi connectivity index (χ0n) is 20.8. The average Bonchev–Trinajstić information content (AvgIpc) is 3.26. The summed E-state index contributed by atoms with van der Waals surface area (Å²) in [5.41, 5.74) is 4.02. The second kappa shape index (κ2) is 11.1. The molecule has 6 nitrogen and oxygen atoms in total. The van der Waals surface area contributed by atoms with Crippen molar-refractivity contribution in [2.75, 3.05) is 23.0 Å². The number of hydrogen-bond acceptors (Lipinski definition) is 6. The lowest BCUT2D eigenvalue weighted by atomic mass is 9.87. The predicted molar refractivity (Wildman–Crippen MR) is 150 cm³/mol. The van der Waals surface area contributed by atoms with Gasteiger partial charge >= 0.3 is 0 Å². The fourth-order valence-corrected chi connectivity index (χ4v) is 5.44. The van der Waals surface area contributed by atoms with Crippen LogP contribution in [0.5, 0.6) is 5.75 Å². The lowest BCUT2D eigenvalue weighted by molar-refractivity contribution is -0.113. The molecule has 3 aromatic carbocycles. The number of hydrogen-bond donors (Lipinski definition) is 2. The highest BCUT2D eigenvalue weighted by Gasteiger charge is 2.15. The number of fused-ring (bicyclic) bond motifs is 1. The second-order valence-electron chi connectivity index (χ2n) is 9.21. The van der Waals surface area contributed by atoms with Gasteiger partial charge < -0.3 is 15.4 Å². The molecule has 186 valence electrons. The minimum absolute atomic E-state index is 0.0383. The Bertz CT molecular complexity index is 1380. The number of carbonyl (C=O) groups excluding carboxylic acids is 2. The largest absolute Gasteiger partial charge is 0.492 e. The Morgan fingerprint density at radius 1 is 1.00 bits per heavy atom. The normalized spacial score (nSPS) is 11.3. The summed E-state index contributed by atoms with van der Waals surface area (Å²) in [6, 6.07) is 20.7. The van der Waals surface area contributed by atoms with Crippen molar-refractivity contribution < 1.29 is 14.3 Å². The summed E-state index contributed by atoms with van der Waals surface area (Å²) in [6.45, 7) is 8.87. The molecule has 8 heteroatoms. The molecule has 36 heavy (non-hydrogen) atoms. The number of benzene rings is 3. The molecule has 2 amide bonds. The molecule has 2 N–H and O–H groups in total. The highest BCUT2D eigenvalue weighted by Crippen LogP contribution is 2.32. The second-order valence-corrected chi connectivity index (χ2v) is 11.5.